The molecule has 0 saturated heterocycles. The van der Waals surface area contributed by atoms with Gasteiger partial charge in [0.2, 0.25) is 0 Å². The van der Waals surface area contributed by atoms with E-state index in [1.807, 2.05) is 31.0 Å². The minimum atomic E-state index is 0.341. The molecule has 0 spiro atoms. The second-order valence-electron chi connectivity index (χ2n) is 4.87. The highest BCUT2D eigenvalue weighted by atomic mass is 15.3. The standard InChI is InChI=1S/C14H21N5/c1-6-12-10(4)17-13(18-14(12)15-5)11-7-16-19(8-11)9(2)3/h7-9H,6H2,1-5H3,(H,15,17,18). The summed E-state index contributed by atoms with van der Waals surface area (Å²) in [4.78, 5) is 9.18. The zero-order chi connectivity index (χ0) is 14.0. The highest BCUT2D eigenvalue weighted by molar-refractivity contribution is 5.58. The normalized spacial score (nSPS) is 11.1. The number of aromatic nitrogens is 4. The van der Waals surface area contributed by atoms with E-state index in [0.717, 1.165) is 29.3 Å². The molecule has 0 fully saturated rings. The van der Waals surface area contributed by atoms with Gasteiger partial charge in [-0.05, 0) is 27.2 Å². The van der Waals surface area contributed by atoms with Gasteiger partial charge in [-0.15, -0.1) is 0 Å². The molecule has 0 radical (unpaired) electrons. The van der Waals surface area contributed by atoms with Gasteiger partial charge in [0.15, 0.2) is 5.82 Å². The van der Waals surface area contributed by atoms with Crippen LogP contribution in [-0.2, 0) is 6.42 Å². The molecule has 5 nitrogen and oxygen atoms in total. The van der Waals surface area contributed by atoms with Gasteiger partial charge in [0.05, 0.1) is 11.8 Å². The predicted octanol–water partition coefficient (Wildman–Crippen LogP) is 2.83. The van der Waals surface area contributed by atoms with Crippen LogP contribution >= 0.6 is 0 Å². The van der Waals surface area contributed by atoms with E-state index in [2.05, 4.69) is 41.2 Å². The van der Waals surface area contributed by atoms with Gasteiger partial charge in [0, 0.05) is 30.5 Å². The van der Waals surface area contributed by atoms with E-state index in [4.69, 9.17) is 0 Å². The van der Waals surface area contributed by atoms with Crippen LogP contribution < -0.4 is 5.32 Å². The van der Waals surface area contributed by atoms with Crippen molar-refractivity contribution >= 4 is 5.82 Å². The molecular formula is C14H21N5. The van der Waals surface area contributed by atoms with Crippen molar-refractivity contribution in [1.29, 1.82) is 0 Å². The first-order valence-electron chi connectivity index (χ1n) is 6.66. The van der Waals surface area contributed by atoms with Crippen molar-refractivity contribution in [2.75, 3.05) is 12.4 Å². The van der Waals surface area contributed by atoms with Crippen LogP contribution in [0, 0.1) is 6.92 Å². The number of rotatable bonds is 4. The summed E-state index contributed by atoms with van der Waals surface area (Å²) in [6.45, 7) is 8.34. The first-order chi connectivity index (χ1) is 9.06. The van der Waals surface area contributed by atoms with Crippen LogP contribution in [-0.4, -0.2) is 26.8 Å². The summed E-state index contributed by atoms with van der Waals surface area (Å²) in [5.41, 5.74) is 3.15. The maximum atomic E-state index is 4.59. The topological polar surface area (TPSA) is 55.6 Å². The van der Waals surface area contributed by atoms with Gasteiger partial charge < -0.3 is 5.32 Å². The van der Waals surface area contributed by atoms with Gasteiger partial charge in [0.25, 0.3) is 0 Å². The van der Waals surface area contributed by atoms with Crippen molar-refractivity contribution < 1.29 is 0 Å². The summed E-state index contributed by atoms with van der Waals surface area (Å²) in [5.74, 6) is 1.63. The molecule has 2 rings (SSSR count). The average Bonchev–Trinajstić information content (AvgIpc) is 2.87. The Balaban J connectivity index is 2.47. The fourth-order valence-corrected chi connectivity index (χ4v) is 2.09. The summed E-state index contributed by atoms with van der Waals surface area (Å²) in [5, 5.41) is 7.48. The Kier molecular flexibility index (Phi) is 3.83. The van der Waals surface area contributed by atoms with Crippen molar-refractivity contribution in [2.45, 2.75) is 40.2 Å². The lowest BCUT2D eigenvalue weighted by Gasteiger charge is -2.10. The molecule has 102 valence electrons. The summed E-state index contributed by atoms with van der Waals surface area (Å²) in [7, 11) is 1.89. The Labute approximate surface area is 114 Å². The molecule has 2 aromatic rings. The molecule has 0 amide bonds. The molecule has 0 aromatic carbocycles. The molecular weight excluding hydrogens is 238 g/mol. The van der Waals surface area contributed by atoms with E-state index in [1.165, 1.54) is 5.56 Å². The van der Waals surface area contributed by atoms with Crippen LogP contribution in [0.15, 0.2) is 12.4 Å². The second kappa shape index (κ2) is 5.38. The number of aryl methyl sites for hydroxylation is 1. The summed E-state index contributed by atoms with van der Waals surface area (Å²) in [6, 6.07) is 0.341. The fourth-order valence-electron chi connectivity index (χ4n) is 2.09. The molecule has 0 aliphatic heterocycles. The molecule has 2 heterocycles. The third kappa shape index (κ3) is 2.59. The summed E-state index contributed by atoms with van der Waals surface area (Å²) < 4.78 is 1.92. The maximum Gasteiger partial charge on any atom is 0.164 e. The molecule has 0 bridgehead atoms. The first kappa shape index (κ1) is 13.5. The summed E-state index contributed by atoms with van der Waals surface area (Å²) >= 11 is 0. The molecule has 1 N–H and O–H groups in total. The zero-order valence-corrected chi connectivity index (χ0v) is 12.2. The van der Waals surface area contributed by atoms with Gasteiger partial charge in [-0.3, -0.25) is 4.68 Å². The van der Waals surface area contributed by atoms with E-state index in [-0.39, 0.29) is 0 Å². The van der Waals surface area contributed by atoms with Gasteiger partial charge in [-0.1, -0.05) is 6.92 Å². The molecule has 0 aliphatic carbocycles. The van der Waals surface area contributed by atoms with E-state index >= 15 is 0 Å². The molecule has 2 aromatic heterocycles. The van der Waals surface area contributed by atoms with Gasteiger partial charge in [-0.25, -0.2) is 9.97 Å². The molecule has 0 saturated carbocycles. The third-order valence-corrected chi connectivity index (χ3v) is 3.19. The Morgan fingerprint density at radius 2 is 2.05 bits per heavy atom. The van der Waals surface area contributed by atoms with Gasteiger partial charge in [0.1, 0.15) is 5.82 Å². The molecule has 0 atom stereocenters. The lowest BCUT2D eigenvalue weighted by atomic mass is 10.1. The number of nitrogens with zero attached hydrogens (tertiary/aromatic N) is 4. The Morgan fingerprint density at radius 3 is 2.58 bits per heavy atom. The van der Waals surface area contributed by atoms with Gasteiger partial charge in [-0.2, -0.15) is 5.10 Å². The average molecular weight is 259 g/mol. The third-order valence-electron chi connectivity index (χ3n) is 3.19. The van der Waals surface area contributed by atoms with E-state index in [9.17, 15) is 0 Å². The highest BCUT2D eigenvalue weighted by Gasteiger charge is 2.12. The SMILES string of the molecule is CCc1c(C)nc(-c2cnn(C(C)C)c2)nc1NC. The highest BCUT2D eigenvalue weighted by Crippen LogP contribution is 2.22. The number of nitrogens with one attached hydrogen (secondary N) is 1. The molecule has 19 heavy (non-hydrogen) atoms. The summed E-state index contributed by atoms with van der Waals surface area (Å²) in [6.07, 6.45) is 4.73. The van der Waals surface area contributed by atoms with Crippen molar-refractivity contribution in [1.82, 2.24) is 19.7 Å². The second-order valence-corrected chi connectivity index (χ2v) is 4.87. The van der Waals surface area contributed by atoms with E-state index in [1.54, 1.807) is 0 Å². The number of hydrogen-bond acceptors (Lipinski definition) is 4. The van der Waals surface area contributed by atoms with Crippen LogP contribution in [0.3, 0.4) is 0 Å². The lowest BCUT2D eigenvalue weighted by molar-refractivity contribution is 0.532. The first-order valence-corrected chi connectivity index (χ1v) is 6.66. The van der Waals surface area contributed by atoms with Crippen molar-refractivity contribution in [3.05, 3.63) is 23.7 Å². The van der Waals surface area contributed by atoms with Crippen LogP contribution in [0.2, 0.25) is 0 Å². The zero-order valence-electron chi connectivity index (χ0n) is 12.2. The smallest absolute Gasteiger partial charge is 0.164 e. The minimum Gasteiger partial charge on any atom is -0.373 e. The molecule has 0 aliphatic rings. The Morgan fingerprint density at radius 1 is 1.32 bits per heavy atom. The molecule has 5 heteroatoms. The minimum absolute atomic E-state index is 0.341. The van der Waals surface area contributed by atoms with Gasteiger partial charge >= 0.3 is 0 Å². The largest absolute Gasteiger partial charge is 0.373 e. The van der Waals surface area contributed by atoms with Crippen molar-refractivity contribution in [3.8, 4) is 11.4 Å². The Bertz CT molecular complexity index is 571. The van der Waals surface area contributed by atoms with E-state index in [0.29, 0.717) is 6.04 Å². The van der Waals surface area contributed by atoms with Crippen LogP contribution in [0.5, 0.6) is 0 Å². The maximum absolute atomic E-state index is 4.59. The Hall–Kier alpha value is -1.91. The van der Waals surface area contributed by atoms with Crippen LogP contribution in [0.25, 0.3) is 11.4 Å². The molecule has 0 unspecified atom stereocenters. The van der Waals surface area contributed by atoms with E-state index < -0.39 is 0 Å². The monoisotopic (exact) mass is 259 g/mol. The van der Waals surface area contributed by atoms with Crippen molar-refractivity contribution in [3.63, 3.8) is 0 Å². The number of hydrogen-bond donors (Lipinski definition) is 1. The lowest BCUT2D eigenvalue weighted by Crippen LogP contribution is -2.04. The predicted molar refractivity (Wildman–Crippen MR) is 77.3 cm³/mol. The quantitative estimate of drug-likeness (QED) is 0.917. The fraction of sp³-hybridized carbons (Fsp3) is 0.500. The number of anilines is 1. The van der Waals surface area contributed by atoms with Crippen LogP contribution in [0.4, 0.5) is 5.82 Å². The van der Waals surface area contributed by atoms with Crippen LogP contribution in [0.1, 0.15) is 38.1 Å². The van der Waals surface area contributed by atoms with Crippen molar-refractivity contribution in [2.24, 2.45) is 0 Å².